The van der Waals surface area contributed by atoms with Gasteiger partial charge in [0, 0.05) is 5.56 Å². The topological polar surface area (TPSA) is 98.2 Å². The van der Waals surface area contributed by atoms with Crippen LogP contribution < -0.4 is 25.0 Å². The Balaban J connectivity index is 1.47. The number of nitrogens with zero attached hydrogens (tertiary/aromatic N) is 1. The molecule has 34 heavy (non-hydrogen) atoms. The molecule has 0 saturated carbocycles. The van der Waals surface area contributed by atoms with Gasteiger partial charge in [-0.2, -0.15) is 5.10 Å². The molecule has 0 aliphatic heterocycles. The van der Waals surface area contributed by atoms with Crippen molar-refractivity contribution in [2.24, 2.45) is 5.10 Å². The minimum atomic E-state index is -0.466. The van der Waals surface area contributed by atoms with Crippen LogP contribution in [0.5, 0.6) is 17.2 Å². The number of methoxy groups -OCH3 is 2. The second-order valence-electron chi connectivity index (χ2n) is 7.01. The third kappa shape index (κ3) is 7.08. The molecule has 176 valence electrons. The van der Waals surface area contributed by atoms with Gasteiger partial charge >= 0.3 is 0 Å². The lowest BCUT2D eigenvalue weighted by Gasteiger charge is -2.09. The molecule has 0 saturated heterocycles. The number of hydrazone groups is 1. The van der Waals surface area contributed by atoms with Gasteiger partial charge in [-0.25, -0.2) is 5.43 Å². The van der Waals surface area contributed by atoms with E-state index in [9.17, 15) is 9.59 Å². The molecule has 3 aromatic rings. The van der Waals surface area contributed by atoms with E-state index in [0.717, 1.165) is 15.6 Å². The van der Waals surface area contributed by atoms with E-state index in [1.165, 1.54) is 26.5 Å². The van der Waals surface area contributed by atoms with Gasteiger partial charge in [0.2, 0.25) is 0 Å². The summed E-state index contributed by atoms with van der Waals surface area (Å²) < 4.78 is 16.9. The molecule has 9 heteroatoms. The minimum Gasteiger partial charge on any atom is -0.493 e. The van der Waals surface area contributed by atoms with E-state index in [1.54, 1.807) is 12.1 Å². The Morgan fingerprint density at radius 3 is 2.38 bits per heavy atom. The zero-order chi connectivity index (χ0) is 24.3. The highest BCUT2D eigenvalue weighted by molar-refractivity contribution is 9.10. The van der Waals surface area contributed by atoms with E-state index in [0.29, 0.717) is 29.4 Å². The maximum Gasteiger partial charge on any atom is 0.259 e. The van der Waals surface area contributed by atoms with Gasteiger partial charge in [-0.15, -0.1) is 0 Å². The largest absolute Gasteiger partial charge is 0.493 e. The van der Waals surface area contributed by atoms with Crippen LogP contribution in [0.15, 0.2) is 76.3 Å². The number of benzene rings is 3. The van der Waals surface area contributed by atoms with Gasteiger partial charge in [0.25, 0.3) is 11.8 Å². The van der Waals surface area contributed by atoms with Crippen LogP contribution in [0, 0.1) is 0 Å². The molecule has 0 atom stereocenters. The lowest BCUT2D eigenvalue weighted by Crippen LogP contribution is -2.34. The monoisotopic (exact) mass is 525 g/mol. The number of carbonyl (C=O) groups excluding carboxylic acids is 2. The zero-order valence-electron chi connectivity index (χ0n) is 18.7. The summed E-state index contributed by atoms with van der Waals surface area (Å²) in [6, 6.07) is 20.1. The molecule has 0 fully saturated rings. The zero-order valence-corrected chi connectivity index (χ0v) is 20.3. The predicted molar refractivity (Wildman–Crippen MR) is 133 cm³/mol. The first-order valence-electron chi connectivity index (χ1n) is 10.3. The van der Waals surface area contributed by atoms with Crippen LogP contribution in [-0.2, 0) is 11.4 Å². The van der Waals surface area contributed by atoms with Gasteiger partial charge in [-0.1, -0.05) is 30.3 Å². The summed E-state index contributed by atoms with van der Waals surface area (Å²) in [6.07, 6.45) is 1.50. The molecule has 0 radical (unpaired) electrons. The summed E-state index contributed by atoms with van der Waals surface area (Å²) in [4.78, 5) is 24.3. The van der Waals surface area contributed by atoms with Crippen LogP contribution in [0.3, 0.4) is 0 Å². The summed E-state index contributed by atoms with van der Waals surface area (Å²) in [6.45, 7) is 0.221. The average Bonchev–Trinajstić information content (AvgIpc) is 2.87. The number of rotatable bonds is 10. The normalized spacial score (nSPS) is 10.6. The van der Waals surface area contributed by atoms with E-state index >= 15 is 0 Å². The first-order valence-corrected chi connectivity index (χ1v) is 11.1. The van der Waals surface area contributed by atoms with Crippen molar-refractivity contribution in [3.63, 3.8) is 0 Å². The molecule has 2 amide bonds. The smallest absolute Gasteiger partial charge is 0.259 e. The fraction of sp³-hybridized carbons (Fsp3) is 0.160. The van der Waals surface area contributed by atoms with E-state index in [2.05, 4.69) is 31.8 Å². The van der Waals surface area contributed by atoms with Crippen LogP contribution in [0.2, 0.25) is 0 Å². The maximum absolute atomic E-state index is 12.3. The first kappa shape index (κ1) is 24.8. The maximum atomic E-state index is 12.3. The Morgan fingerprint density at radius 1 is 0.941 bits per heavy atom. The Hall–Kier alpha value is -3.85. The third-order valence-corrected chi connectivity index (χ3v) is 5.27. The van der Waals surface area contributed by atoms with Gasteiger partial charge in [0.15, 0.2) is 11.5 Å². The van der Waals surface area contributed by atoms with Gasteiger partial charge in [-0.05, 0) is 63.5 Å². The molecule has 0 aromatic heterocycles. The van der Waals surface area contributed by atoms with Crippen LogP contribution >= 0.6 is 15.9 Å². The molecule has 3 aromatic carbocycles. The molecule has 3 rings (SSSR count). The summed E-state index contributed by atoms with van der Waals surface area (Å²) in [7, 11) is 2.99. The van der Waals surface area contributed by atoms with Crippen molar-refractivity contribution < 1.29 is 23.8 Å². The fourth-order valence-corrected chi connectivity index (χ4v) is 3.42. The molecular weight excluding hydrogens is 502 g/mol. The van der Waals surface area contributed by atoms with E-state index in [1.807, 2.05) is 48.5 Å². The van der Waals surface area contributed by atoms with Crippen molar-refractivity contribution in [1.29, 1.82) is 0 Å². The van der Waals surface area contributed by atoms with Crippen molar-refractivity contribution in [2.75, 3.05) is 20.8 Å². The Morgan fingerprint density at radius 2 is 1.68 bits per heavy atom. The van der Waals surface area contributed by atoms with E-state index in [-0.39, 0.29) is 6.54 Å². The quantitative estimate of drug-likeness (QED) is 0.308. The predicted octanol–water partition coefficient (Wildman–Crippen LogP) is 3.93. The number of hydrogen-bond donors (Lipinski definition) is 2. The first-order chi connectivity index (χ1) is 16.5. The van der Waals surface area contributed by atoms with Crippen molar-refractivity contribution in [2.45, 2.75) is 6.61 Å². The minimum absolute atomic E-state index is 0.236. The van der Waals surface area contributed by atoms with E-state index < -0.39 is 11.8 Å². The van der Waals surface area contributed by atoms with Gasteiger partial charge in [-0.3, -0.25) is 9.59 Å². The molecular formula is C25H24BrN3O5. The van der Waals surface area contributed by atoms with Crippen molar-refractivity contribution in [3.8, 4) is 17.2 Å². The molecule has 0 heterocycles. The fourth-order valence-electron chi connectivity index (χ4n) is 2.91. The van der Waals surface area contributed by atoms with Gasteiger partial charge in [0.1, 0.15) is 12.4 Å². The average molecular weight is 526 g/mol. The van der Waals surface area contributed by atoms with Crippen LogP contribution in [-0.4, -0.2) is 38.8 Å². The molecule has 0 bridgehead atoms. The van der Waals surface area contributed by atoms with Gasteiger partial charge in [0.05, 0.1) is 31.5 Å². The second-order valence-corrected chi connectivity index (χ2v) is 7.86. The van der Waals surface area contributed by atoms with Crippen molar-refractivity contribution in [1.82, 2.24) is 10.7 Å². The molecule has 0 spiro atoms. The van der Waals surface area contributed by atoms with Crippen LogP contribution in [0.4, 0.5) is 0 Å². The van der Waals surface area contributed by atoms with Crippen LogP contribution in [0.25, 0.3) is 0 Å². The molecule has 0 unspecified atom stereocenters. The van der Waals surface area contributed by atoms with Crippen molar-refractivity contribution >= 4 is 34.0 Å². The van der Waals surface area contributed by atoms with Crippen LogP contribution in [0.1, 0.15) is 21.5 Å². The highest BCUT2D eigenvalue weighted by Crippen LogP contribution is 2.28. The lowest BCUT2D eigenvalue weighted by atomic mass is 10.2. The number of nitrogens with one attached hydrogen (secondary N) is 2. The molecule has 2 N–H and O–H groups in total. The standard InChI is InChI=1S/C25H24BrN3O5/c1-32-22-11-9-19(13-23(22)33-2)25(31)27-15-24(30)29-28-14-18-8-10-21(20(26)12-18)34-16-17-6-4-3-5-7-17/h3-14H,15-16H2,1-2H3,(H,27,31)(H,29,30)/b28-14+. The molecule has 0 aliphatic rings. The highest BCUT2D eigenvalue weighted by atomic mass is 79.9. The van der Waals surface area contributed by atoms with Gasteiger partial charge < -0.3 is 19.5 Å². The molecule has 0 aliphatic carbocycles. The SMILES string of the molecule is COc1ccc(C(=O)NCC(=O)N/N=C/c2ccc(OCc3ccccc3)c(Br)c2)cc1OC. The number of amides is 2. The number of carbonyl (C=O) groups is 2. The Bertz CT molecular complexity index is 1170. The van der Waals surface area contributed by atoms with Crippen molar-refractivity contribution in [3.05, 3.63) is 87.9 Å². The number of hydrogen-bond acceptors (Lipinski definition) is 6. The summed E-state index contributed by atoms with van der Waals surface area (Å²) in [5.41, 5.74) is 4.55. The third-order valence-electron chi connectivity index (χ3n) is 4.65. The molecule has 8 nitrogen and oxygen atoms in total. The highest BCUT2D eigenvalue weighted by Gasteiger charge is 2.11. The summed E-state index contributed by atoms with van der Waals surface area (Å²) in [5, 5.41) is 6.47. The summed E-state index contributed by atoms with van der Waals surface area (Å²) >= 11 is 3.49. The number of halogens is 1. The summed E-state index contributed by atoms with van der Waals surface area (Å²) in [5.74, 6) is 0.741. The van der Waals surface area contributed by atoms with E-state index in [4.69, 9.17) is 14.2 Å². The second kappa shape index (κ2) is 12.4. The number of ether oxygens (including phenoxy) is 3. The Kier molecular flexibility index (Phi) is 9.04. The lowest BCUT2D eigenvalue weighted by molar-refractivity contribution is -0.120. The Labute approximate surface area is 206 Å².